The molecule has 3 atom stereocenters. The summed E-state index contributed by atoms with van der Waals surface area (Å²) in [5.41, 5.74) is 0. The van der Waals surface area contributed by atoms with Crippen LogP contribution in [0.1, 0.15) is 51.9 Å². The first-order valence-corrected chi connectivity index (χ1v) is 5.93. The van der Waals surface area contributed by atoms with E-state index >= 15 is 0 Å². The number of fused-ring (bicyclic) bond motifs is 1. The minimum absolute atomic E-state index is 0.107. The van der Waals surface area contributed by atoms with Crippen LogP contribution < -0.4 is 0 Å². The van der Waals surface area contributed by atoms with Gasteiger partial charge in [0.1, 0.15) is 6.10 Å². The van der Waals surface area contributed by atoms with Gasteiger partial charge in [0.2, 0.25) is 0 Å². The van der Waals surface area contributed by atoms with E-state index in [1.54, 1.807) is 0 Å². The van der Waals surface area contributed by atoms with E-state index in [1.165, 1.54) is 39.0 Å². The van der Waals surface area contributed by atoms with Crippen molar-refractivity contribution in [3.05, 3.63) is 0 Å². The zero-order valence-electron chi connectivity index (χ0n) is 9.00. The number of hydrogen-bond acceptors (Lipinski definition) is 2. The average molecular weight is 196 g/mol. The molecule has 0 bridgehead atoms. The topological polar surface area (TPSA) is 26.3 Å². The quantitative estimate of drug-likeness (QED) is 0.603. The molecule has 0 radical (unpaired) electrons. The first-order valence-electron chi connectivity index (χ1n) is 5.93. The predicted molar refractivity (Wildman–Crippen MR) is 54.9 cm³/mol. The van der Waals surface area contributed by atoms with Crippen LogP contribution in [-0.4, -0.2) is 12.1 Å². The number of carbonyl (C=O) groups is 1. The van der Waals surface area contributed by atoms with Crippen molar-refractivity contribution in [2.75, 3.05) is 0 Å². The highest BCUT2D eigenvalue weighted by Gasteiger charge is 2.33. The summed E-state index contributed by atoms with van der Waals surface area (Å²) in [4.78, 5) is 10.8. The Morgan fingerprint density at radius 1 is 1.07 bits per heavy atom. The first-order chi connectivity index (χ1) is 6.75. The Balaban J connectivity index is 1.86. The fourth-order valence-electron chi connectivity index (χ4n) is 3.17. The third kappa shape index (κ3) is 2.28. The van der Waals surface area contributed by atoms with E-state index in [-0.39, 0.29) is 12.1 Å². The van der Waals surface area contributed by atoms with E-state index in [9.17, 15) is 4.79 Å². The summed E-state index contributed by atoms with van der Waals surface area (Å²) in [6.07, 6.45) is 9.31. The summed E-state index contributed by atoms with van der Waals surface area (Å²) in [6.45, 7) is 1.52. The van der Waals surface area contributed by atoms with Crippen molar-refractivity contribution in [1.29, 1.82) is 0 Å². The van der Waals surface area contributed by atoms with Gasteiger partial charge in [-0.2, -0.15) is 0 Å². The molecule has 0 aromatic carbocycles. The molecule has 0 saturated heterocycles. The van der Waals surface area contributed by atoms with Gasteiger partial charge in [-0.3, -0.25) is 4.79 Å². The molecule has 1 unspecified atom stereocenters. The second kappa shape index (κ2) is 4.33. The SMILES string of the molecule is CC(=O)O[C@@H]1CC[C@@H]2CCCCC2C1. The molecule has 2 fully saturated rings. The normalized spacial score (nSPS) is 37.4. The van der Waals surface area contributed by atoms with Crippen molar-refractivity contribution < 1.29 is 9.53 Å². The van der Waals surface area contributed by atoms with Crippen molar-refractivity contribution in [3.63, 3.8) is 0 Å². The molecule has 0 aromatic heterocycles. The van der Waals surface area contributed by atoms with Gasteiger partial charge in [-0.05, 0) is 31.1 Å². The van der Waals surface area contributed by atoms with E-state index in [2.05, 4.69) is 0 Å². The highest BCUT2D eigenvalue weighted by molar-refractivity contribution is 5.66. The molecule has 0 amide bonds. The van der Waals surface area contributed by atoms with Gasteiger partial charge < -0.3 is 4.74 Å². The van der Waals surface area contributed by atoms with Crippen LogP contribution in [0.5, 0.6) is 0 Å². The van der Waals surface area contributed by atoms with Gasteiger partial charge in [0.05, 0.1) is 0 Å². The second-order valence-electron chi connectivity index (χ2n) is 4.85. The zero-order valence-corrected chi connectivity index (χ0v) is 9.00. The van der Waals surface area contributed by atoms with Crippen molar-refractivity contribution in [2.24, 2.45) is 11.8 Å². The number of ether oxygens (including phenoxy) is 1. The summed E-state index contributed by atoms with van der Waals surface area (Å²) in [7, 11) is 0. The minimum atomic E-state index is -0.107. The molecular formula is C12H20O2. The van der Waals surface area contributed by atoms with E-state index in [0.29, 0.717) is 0 Å². The lowest BCUT2D eigenvalue weighted by Crippen LogP contribution is -2.32. The predicted octanol–water partition coefficient (Wildman–Crippen LogP) is 2.91. The molecule has 0 heterocycles. The summed E-state index contributed by atoms with van der Waals surface area (Å²) in [6, 6.07) is 0. The minimum Gasteiger partial charge on any atom is -0.463 e. The van der Waals surface area contributed by atoms with Gasteiger partial charge in [-0.15, -0.1) is 0 Å². The summed E-state index contributed by atoms with van der Waals surface area (Å²) >= 11 is 0. The zero-order chi connectivity index (χ0) is 9.97. The van der Waals surface area contributed by atoms with Gasteiger partial charge in [-0.1, -0.05) is 25.7 Å². The van der Waals surface area contributed by atoms with E-state index < -0.39 is 0 Å². The van der Waals surface area contributed by atoms with Crippen LogP contribution in [0.25, 0.3) is 0 Å². The first kappa shape index (κ1) is 10.0. The van der Waals surface area contributed by atoms with E-state index in [0.717, 1.165) is 24.7 Å². The van der Waals surface area contributed by atoms with Crippen molar-refractivity contribution >= 4 is 5.97 Å². The monoisotopic (exact) mass is 196 g/mol. The van der Waals surface area contributed by atoms with Gasteiger partial charge in [0.15, 0.2) is 0 Å². The summed E-state index contributed by atoms with van der Waals surface area (Å²) < 4.78 is 5.30. The molecule has 2 nitrogen and oxygen atoms in total. The molecule has 0 aromatic rings. The van der Waals surface area contributed by atoms with E-state index in [4.69, 9.17) is 4.74 Å². The van der Waals surface area contributed by atoms with Crippen LogP contribution in [-0.2, 0) is 9.53 Å². The molecule has 0 aliphatic heterocycles. The lowest BCUT2D eigenvalue weighted by molar-refractivity contribution is -0.149. The molecule has 0 spiro atoms. The second-order valence-corrected chi connectivity index (χ2v) is 4.85. The lowest BCUT2D eigenvalue weighted by atomic mass is 9.70. The molecular weight excluding hydrogens is 176 g/mol. The molecule has 2 saturated carbocycles. The summed E-state index contributed by atoms with van der Waals surface area (Å²) in [5, 5.41) is 0. The van der Waals surface area contributed by atoms with Crippen molar-refractivity contribution in [2.45, 2.75) is 58.0 Å². The van der Waals surface area contributed by atoms with Gasteiger partial charge in [0, 0.05) is 6.92 Å². The van der Waals surface area contributed by atoms with Gasteiger partial charge in [0.25, 0.3) is 0 Å². The van der Waals surface area contributed by atoms with Crippen LogP contribution in [0.4, 0.5) is 0 Å². The highest BCUT2D eigenvalue weighted by atomic mass is 16.5. The maximum atomic E-state index is 10.8. The molecule has 2 rings (SSSR count). The van der Waals surface area contributed by atoms with Crippen LogP contribution in [0.3, 0.4) is 0 Å². The Bertz CT molecular complexity index is 212. The maximum Gasteiger partial charge on any atom is 0.302 e. The molecule has 2 heteroatoms. The Labute approximate surface area is 86.0 Å². The number of esters is 1. The number of carbonyl (C=O) groups excluding carboxylic acids is 1. The van der Waals surface area contributed by atoms with Gasteiger partial charge in [-0.25, -0.2) is 0 Å². The Morgan fingerprint density at radius 3 is 2.50 bits per heavy atom. The fraction of sp³-hybridized carbons (Fsp3) is 0.917. The van der Waals surface area contributed by atoms with Crippen molar-refractivity contribution in [3.8, 4) is 0 Å². The molecule has 2 aliphatic rings. The largest absolute Gasteiger partial charge is 0.463 e. The lowest BCUT2D eigenvalue weighted by Gasteiger charge is -2.38. The fourth-order valence-corrected chi connectivity index (χ4v) is 3.17. The van der Waals surface area contributed by atoms with Crippen LogP contribution in [0.2, 0.25) is 0 Å². The Morgan fingerprint density at radius 2 is 1.79 bits per heavy atom. The molecule has 80 valence electrons. The smallest absolute Gasteiger partial charge is 0.302 e. The molecule has 2 aliphatic carbocycles. The van der Waals surface area contributed by atoms with Crippen LogP contribution in [0.15, 0.2) is 0 Å². The maximum absolute atomic E-state index is 10.8. The van der Waals surface area contributed by atoms with Crippen molar-refractivity contribution in [1.82, 2.24) is 0 Å². The van der Waals surface area contributed by atoms with Crippen LogP contribution >= 0.6 is 0 Å². The Hall–Kier alpha value is -0.530. The Kier molecular flexibility index (Phi) is 3.09. The third-order valence-corrected chi connectivity index (χ3v) is 3.82. The van der Waals surface area contributed by atoms with E-state index in [1.807, 2.05) is 0 Å². The molecule has 14 heavy (non-hydrogen) atoms. The number of hydrogen-bond donors (Lipinski definition) is 0. The molecule has 0 N–H and O–H groups in total. The summed E-state index contributed by atoms with van der Waals surface area (Å²) in [5.74, 6) is 1.68. The third-order valence-electron chi connectivity index (χ3n) is 3.82. The highest BCUT2D eigenvalue weighted by Crippen LogP contribution is 2.41. The average Bonchev–Trinajstić information content (AvgIpc) is 2.17. The standard InChI is InChI=1S/C12H20O2/c1-9(13)14-12-7-6-10-4-2-3-5-11(10)8-12/h10-12H,2-8H2,1H3/t10-,11?,12+/m0/s1. The van der Waals surface area contributed by atoms with Crippen LogP contribution in [0, 0.1) is 11.8 Å². The van der Waals surface area contributed by atoms with Gasteiger partial charge >= 0.3 is 5.97 Å². The number of rotatable bonds is 1.